The van der Waals surface area contributed by atoms with Gasteiger partial charge in [0.05, 0.1) is 6.33 Å². The maximum atomic E-state index is 8.89. The highest BCUT2D eigenvalue weighted by molar-refractivity contribution is 5.69. The van der Waals surface area contributed by atoms with Gasteiger partial charge in [0.2, 0.25) is 5.88 Å². The minimum atomic E-state index is 0.0109. The molecular weight excluding hydrogens is 130 g/mol. The Balaban J connectivity index is 2.86. The van der Waals surface area contributed by atoms with Gasteiger partial charge in [0.1, 0.15) is 5.52 Å². The Morgan fingerprint density at radius 3 is 3.20 bits per heavy atom. The number of imidazole rings is 1. The van der Waals surface area contributed by atoms with Gasteiger partial charge in [0, 0.05) is 6.07 Å². The van der Waals surface area contributed by atoms with E-state index in [9.17, 15) is 0 Å². The predicted octanol–water partition coefficient (Wildman–Crippen LogP) is 0.663. The molecule has 0 unspecified atom stereocenters. The summed E-state index contributed by atoms with van der Waals surface area (Å²) >= 11 is 0. The standard InChI is InChI=1S/C6H5N3O/c10-5-2-1-4-6(9-5)8-3-7-4/h1-3H,(H2,7,8,9,10). The van der Waals surface area contributed by atoms with Gasteiger partial charge in [-0.2, -0.15) is 4.98 Å². The first kappa shape index (κ1) is 5.22. The van der Waals surface area contributed by atoms with E-state index in [1.165, 1.54) is 12.4 Å². The summed E-state index contributed by atoms with van der Waals surface area (Å²) in [6.45, 7) is 0. The Bertz CT molecular complexity index is 355. The molecule has 0 amide bonds. The highest BCUT2D eigenvalue weighted by Gasteiger charge is 1.95. The maximum absolute atomic E-state index is 8.89. The summed E-state index contributed by atoms with van der Waals surface area (Å²) in [4.78, 5) is 10.5. The van der Waals surface area contributed by atoms with Crippen molar-refractivity contribution in [2.75, 3.05) is 0 Å². The average Bonchev–Trinajstić information content (AvgIpc) is 2.33. The van der Waals surface area contributed by atoms with Crippen molar-refractivity contribution in [2.24, 2.45) is 0 Å². The van der Waals surface area contributed by atoms with E-state index < -0.39 is 0 Å². The summed E-state index contributed by atoms with van der Waals surface area (Å²) in [5.41, 5.74) is 1.37. The van der Waals surface area contributed by atoms with Crippen LogP contribution < -0.4 is 0 Å². The lowest BCUT2D eigenvalue weighted by molar-refractivity contribution is 0.455. The molecule has 2 heterocycles. The molecule has 4 nitrogen and oxygen atoms in total. The molecule has 50 valence electrons. The highest BCUT2D eigenvalue weighted by Crippen LogP contribution is 2.09. The van der Waals surface area contributed by atoms with E-state index >= 15 is 0 Å². The van der Waals surface area contributed by atoms with Crippen molar-refractivity contribution in [1.82, 2.24) is 15.0 Å². The van der Waals surface area contributed by atoms with Gasteiger partial charge in [0.25, 0.3) is 0 Å². The quantitative estimate of drug-likeness (QED) is 0.557. The van der Waals surface area contributed by atoms with E-state index in [1.54, 1.807) is 6.07 Å². The molecule has 0 aliphatic heterocycles. The van der Waals surface area contributed by atoms with Gasteiger partial charge in [0.15, 0.2) is 5.65 Å². The van der Waals surface area contributed by atoms with Crippen LogP contribution in [-0.4, -0.2) is 20.1 Å². The van der Waals surface area contributed by atoms with Gasteiger partial charge in [-0.05, 0) is 6.07 Å². The molecule has 0 bridgehead atoms. The molecular formula is C6H5N3O. The molecule has 2 aromatic rings. The van der Waals surface area contributed by atoms with Crippen LogP contribution in [0.3, 0.4) is 0 Å². The first-order valence-electron chi connectivity index (χ1n) is 2.85. The molecule has 10 heavy (non-hydrogen) atoms. The van der Waals surface area contributed by atoms with E-state index in [4.69, 9.17) is 5.11 Å². The summed E-state index contributed by atoms with van der Waals surface area (Å²) in [5, 5.41) is 8.89. The van der Waals surface area contributed by atoms with Crippen molar-refractivity contribution >= 4 is 11.2 Å². The lowest BCUT2D eigenvalue weighted by Crippen LogP contribution is -1.75. The monoisotopic (exact) mass is 135 g/mol. The largest absolute Gasteiger partial charge is 0.493 e. The first-order valence-corrected chi connectivity index (χ1v) is 2.85. The number of rotatable bonds is 0. The summed E-state index contributed by atoms with van der Waals surface area (Å²) in [6.07, 6.45) is 1.54. The Labute approximate surface area is 56.6 Å². The Morgan fingerprint density at radius 2 is 2.30 bits per heavy atom. The zero-order valence-corrected chi connectivity index (χ0v) is 5.07. The second-order valence-electron chi connectivity index (χ2n) is 1.94. The summed E-state index contributed by atoms with van der Waals surface area (Å²) in [7, 11) is 0. The third-order valence-corrected chi connectivity index (χ3v) is 1.26. The van der Waals surface area contributed by atoms with Gasteiger partial charge >= 0.3 is 0 Å². The van der Waals surface area contributed by atoms with Gasteiger partial charge in [-0.15, -0.1) is 0 Å². The van der Waals surface area contributed by atoms with E-state index in [0.717, 1.165) is 5.52 Å². The molecule has 0 spiro atoms. The Kier molecular flexibility index (Phi) is 0.887. The SMILES string of the molecule is Oc1ccc2nc[nH]c2n1. The third-order valence-electron chi connectivity index (χ3n) is 1.26. The second-order valence-corrected chi connectivity index (χ2v) is 1.94. The maximum Gasteiger partial charge on any atom is 0.212 e. The second kappa shape index (κ2) is 1.70. The molecule has 0 saturated heterocycles. The molecule has 0 aromatic carbocycles. The topological polar surface area (TPSA) is 61.8 Å². The number of nitrogens with zero attached hydrogens (tertiary/aromatic N) is 2. The van der Waals surface area contributed by atoms with Crippen LogP contribution in [0.15, 0.2) is 18.5 Å². The fourth-order valence-electron chi connectivity index (χ4n) is 0.815. The molecule has 0 radical (unpaired) electrons. The molecule has 2 aromatic heterocycles. The molecule has 2 rings (SSSR count). The number of pyridine rings is 1. The van der Waals surface area contributed by atoms with Crippen LogP contribution in [0.5, 0.6) is 5.88 Å². The molecule has 0 fully saturated rings. The highest BCUT2D eigenvalue weighted by atomic mass is 16.3. The zero-order valence-electron chi connectivity index (χ0n) is 5.07. The fourth-order valence-corrected chi connectivity index (χ4v) is 0.815. The first-order chi connectivity index (χ1) is 4.86. The Hall–Kier alpha value is -1.58. The van der Waals surface area contributed by atoms with Gasteiger partial charge in [-0.3, -0.25) is 0 Å². The van der Waals surface area contributed by atoms with Crippen molar-refractivity contribution in [1.29, 1.82) is 0 Å². The molecule has 2 N–H and O–H groups in total. The van der Waals surface area contributed by atoms with Gasteiger partial charge in [-0.1, -0.05) is 0 Å². The number of aromatic amines is 1. The van der Waals surface area contributed by atoms with E-state index in [1.807, 2.05) is 0 Å². The van der Waals surface area contributed by atoms with Crippen molar-refractivity contribution in [2.45, 2.75) is 0 Å². The number of hydrogen-bond donors (Lipinski definition) is 2. The minimum Gasteiger partial charge on any atom is -0.493 e. The zero-order chi connectivity index (χ0) is 6.97. The molecule has 4 heteroatoms. The fraction of sp³-hybridized carbons (Fsp3) is 0. The van der Waals surface area contributed by atoms with Crippen LogP contribution in [-0.2, 0) is 0 Å². The van der Waals surface area contributed by atoms with Crippen molar-refractivity contribution in [3.05, 3.63) is 18.5 Å². The summed E-state index contributed by atoms with van der Waals surface area (Å²) < 4.78 is 0. The number of H-pyrrole nitrogens is 1. The lowest BCUT2D eigenvalue weighted by atomic mass is 10.4. The lowest BCUT2D eigenvalue weighted by Gasteiger charge is -1.87. The Morgan fingerprint density at radius 1 is 1.40 bits per heavy atom. The van der Waals surface area contributed by atoms with Crippen LogP contribution in [0.25, 0.3) is 11.2 Å². The normalized spacial score (nSPS) is 10.4. The minimum absolute atomic E-state index is 0.0109. The van der Waals surface area contributed by atoms with E-state index in [2.05, 4.69) is 15.0 Å². The van der Waals surface area contributed by atoms with Crippen LogP contribution in [0, 0.1) is 0 Å². The van der Waals surface area contributed by atoms with Crippen LogP contribution in [0.1, 0.15) is 0 Å². The summed E-state index contributed by atoms with van der Waals surface area (Å²) in [5.74, 6) is 0.0109. The molecule has 0 aliphatic carbocycles. The van der Waals surface area contributed by atoms with Crippen molar-refractivity contribution < 1.29 is 5.11 Å². The molecule has 0 saturated carbocycles. The number of aromatic hydroxyl groups is 1. The molecule has 0 aliphatic rings. The van der Waals surface area contributed by atoms with Crippen molar-refractivity contribution in [3.8, 4) is 5.88 Å². The van der Waals surface area contributed by atoms with E-state index in [0.29, 0.717) is 5.65 Å². The van der Waals surface area contributed by atoms with E-state index in [-0.39, 0.29) is 5.88 Å². The predicted molar refractivity (Wildman–Crippen MR) is 35.6 cm³/mol. The van der Waals surface area contributed by atoms with Crippen LogP contribution in [0.4, 0.5) is 0 Å². The third kappa shape index (κ3) is 0.621. The number of fused-ring (bicyclic) bond motifs is 1. The smallest absolute Gasteiger partial charge is 0.212 e. The van der Waals surface area contributed by atoms with Crippen LogP contribution >= 0.6 is 0 Å². The summed E-state index contributed by atoms with van der Waals surface area (Å²) in [6, 6.07) is 3.21. The van der Waals surface area contributed by atoms with Crippen molar-refractivity contribution in [3.63, 3.8) is 0 Å². The van der Waals surface area contributed by atoms with Gasteiger partial charge < -0.3 is 10.1 Å². The number of hydrogen-bond acceptors (Lipinski definition) is 3. The molecule has 0 atom stereocenters. The number of nitrogens with one attached hydrogen (secondary N) is 1. The van der Waals surface area contributed by atoms with Gasteiger partial charge in [-0.25, -0.2) is 4.98 Å². The van der Waals surface area contributed by atoms with Crippen LogP contribution in [0.2, 0.25) is 0 Å². The average molecular weight is 135 g/mol. The number of aromatic nitrogens is 3.